The van der Waals surface area contributed by atoms with Gasteiger partial charge in [0.2, 0.25) is 0 Å². The molecule has 2 heterocycles. The van der Waals surface area contributed by atoms with Crippen molar-refractivity contribution in [1.29, 1.82) is 0 Å². The molecule has 5 rings (SSSR count). The summed E-state index contributed by atoms with van der Waals surface area (Å²) in [5.74, 6) is 0.620. The Balaban J connectivity index is 1.55. The fourth-order valence-electron chi connectivity index (χ4n) is 3.87. The van der Waals surface area contributed by atoms with Gasteiger partial charge in [0.25, 0.3) is 0 Å². The fraction of sp³-hybridized carbons (Fsp3) is 0.111. The zero-order chi connectivity index (χ0) is 23.7. The van der Waals surface area contributed by atoms with Crippen LogP contribution in [0.5, 0.6) is 5.75 Å². The van der Waals surface area contributed by atoms with E-state index in [4.69, 9.17) is 4.74 Å². The third kappa shape index (κ3) is 4.24. The number of benzene rings is 3. The number of para-hydroxylation sites is 1. The maximum Gasteiger partial charge on any atom is 0.417 e. The Bertz CT molecular complexity index is 1430. The molecule has 0 radical (unpaired) electrons. The normalized spacial score (nSPS) is 11.6. The number of nitrogens with zero attached hydrogens (tertiary/aromatic N) is 3. The summed E-state index contributed by atoms with van der Waals surface area (Å²) in [5.41, 5.74) is 2.12. The number of rotatable bonds is 5. The SMILES string of the molecule is Cc1nn(-c2ccccc2)c2nc(-c3ccc(OCc4ccccc4)cc3)cc(C(F)(F)F)c12. The van der Waals surface area contributed by atoms with Gasteiger partial charge in [0, 0.05) is 5.56 Å². The van der Waals surface area contributed by atoms with Crippen LogP contribution in [0, 0.1) is 6.92 Å². The molecule has 0 amide bonds. The van der Waals surface area contributed by atoms with Crippen LogP contribution in [-0.4, -0.2) is 14.8 Å². The highest BCUT2D eigenvalue weighted by Gasteiger charge is 2.35. The standard InChI is InChI=1S/C27H20F3N3O/c1-18-25-23(27(28,29)30)16-24(31-26(25)33(32-18)21-10-6-3-7-11-21)20-12-14-22(15-13-20)34-17-19-8-4-2-5-9-19/h2-16H,17H2,1H3. The van der Waals surface area contributed by atoms with Gasteiger partial charge >= 0.3 is 6.18 Å². The number of aromatic nitrogens is 3. The smallest absolute Gasteiger partial charge is 0.417 e. The maximum atomic E-state index is 14.0. The van der Waals surface area contributed by atoms with Gasteiger partial charge in [-0.2, -0.15) is 18.3 Å². The zero-order valence-corrected chi connectivity index (χ0v) is 18.3. The van der Waals surface area contributed by atoms with Crippen molar-refractivity contribution in [2.45, 2.75) is 19.7 Å². The fourth-order valence-corrected chi connectivity index (χ4v) is 3.87. The van der Waals surface area contributed by atoms with Crippen molar-refractivity contribution in [1.82, 2.24) is 14.8 Å². The number of alkyl halides is 3. The van der Waals surface area contributed by atoms with Crippen molar-refractivity contribution < 1.29 is 17.9 Å². The number of ether oxygens (including phenoxy) is 1. The van der Waals surface area contributed by atoms with Gasteiger partial charge in [-0.3, -0.25) is 0 Å². The molecule has 0 atom stereocenters. The number of hydrogen-bond acceptors (Lipinski definition) is 3. The summed E-state index contributed by atoms with van der Waals surface area (Å²) >= 11 is 0. The van der Waals surface area contributed by atoms with Crippen LogP contribution in [-0.2, 0) is 12.8 Å². The van der Waals surface area contributed by atoms with Crippen LogP contribution in [0.15, 0.2) is 91.0 Å². The topological polar surface area (TPSA) is 39.9 Å². The first-order valence-electron chi connectivity index (χ1n) is 10.7. The molecular formula is C27H20F3N3O. The average molecular weight is 459 g/mol. The van der Waals surface area contributed by atoms with E-state index in [1.807, 2.05) is 36.4 Å². The second-order valence-corrected chi connectivity index (χ2v) is 7.88. The number of fused-ring (bicyclic) bond motifs is 1. The molecule has 170 valence electrons. The van der Waals surface area contributed by atoms with E-state index in [1.54, 1.807) is 55.5 Å². The van der Waals surface area contributed by atoms with E-state index >= 15 is 0 Å². The van der Waals surface area contributed by atoms with Crippen molar-refractivity contribution in [3.63, 3.8) is 0 Å². The van der Waals surface area contributed by atoms with Gasteiger partial charge in [0.1, 0.15) is 12.4 Å². The van der Waals surface area contributed by atoms with Gasteiger partial charge in [-0.25, -0.2) is 9.67 Å². The molecule has 0 saturated heterocycles. The third-order valence-electron chi connectivity index (χ3n) is 5.52. The molecular weight excluding hydrogens is 439 g/mol. The van der Waals surface area contributed by atoms with Crippen LogP contribution in [0.3, 0.4) is 0 Å². The van der Waals surface area contributed by atoms with E-state index in [0.29, 0.717) is 23.6 Å². The van der Waals surface area contributed by atoms with Crippen molar-refractivity contribution in [2.24, 2.45) is 0 Å². The van der Waals surface area contributed by atoms with E-state index in [-0.39, 0.29) is 22.4 Å². The largest absolute Gasteiger partial charge is 0.489 e. The van der Waals surface area contributed by atoms with Gasteiger partial charge in [-0.15, -0.1) is 0 Å². The minimum absolute atomic E-state index is 0.00270. The Kier molecular flexibility index (Phi) is 5.53. The van der Waals surface area contributed by atoms with Crippen LogP contribution in [0.2, 0.25) is 0 Å². The second-order valence-electron chi connectivity index (χ2n) is 7.88. The lowest BCUT2D eigenvalue weighted by Gasteiger charge is -2.12. The number of aryl methyl sites for hydroxylation is 1. The van der Waals surface area contributed by atoms with Crippen LogP contribution < -0.4 is 4.74 Å². The predicted molar refractivity (Wildman–Crippen MR) is 125 cm³/mol. The molecule has 5 aromatic rings. The van der Waals surface area contributed by atoms with Crippen molar-refractivity contribution in [2.75, 3.05) is 0 Å². The molecule has 0 bridgehead atoms. The zero-order valence-electron chi connectivity index (χ0n) is 18.3. The molecule has 0 aliphatic carbocycles. The van der Waals surface area contributed by atoms with Gasteiger partial charge in [0.15, 0.2) is 5.65 Å². The summed E-state index contributed by atoms with van der Waals surface area (Å²) in [6.45, 7) is 1.97. The van der Waals surface area contributed by atoms with E-state index < -0.39 is 11.7 Å². The first kappa shape index (κ1) is 21.7. The summed E-state index contributed by atoms with van der Waals surface area (Å²) < 4.78 is 49.4. The molecule has 0 aliphatic heterocycles. The monoisotopic (exact) mass is 459 g/mol. The van der Waals surface area contributed by atoms with Gasteiger partial charge in [-0.05, 0) is 55.0 Å². The minimum atomic E-state index is -4.55. The summed E-state index contributed by atoms with van der Waals surface area (Å²) in [4.78, 5) is 4.60. The highest BCUT2D eigenvalue weighted by atomic mass is 19.4. The average Bonchev–Trinajstić information content (AvgIpc) is 3.19. The molecule has 34 heavy (non-hydrogen) atoms. The molecule has 0 N–H and O–H groups in total. The van der Waals surface area contributed by atoms with Gasteiger partial charge in [0.05, 0.1) is 28.0 Å². The van der Waals surface area contributed by atoms with Crippen molar-refractivity contribution in [3.8, 4) is 22.7 Å². The summed E-state index contributed by atoms with van der Waals surface area (Å²) in [7, 11) is 0. The van der Waals surface area contributed by atoms with E-state index in [1.165, 1.54) is 4.68 Å². The Morgan fingerprint density at radius 2 is 1.50 bits per heavy atom. The molecule has 7 heteroatoms. The Morgan fingerprint density at radius 1 is 0.853 bits per heavy atom. The van der Waals surface area contributed by atoms with Crippen molar-refractivity contribution >= 4 is 11.0 Å². The molecule has 0 aliphatic rings. The molecule has 0 spiro atoms. The number of pyridine rings is 1. The lowest BCUT2D eigenvalue weighted by atomic mass is 10.0. The summed E-state index contributed by atoms with van der Waals surface area (Å²) in [6.07, 6.45) is -4.55. The van der Waals surface area contributed by atoms with E-state index in [0.717, 1.165) is 11.6 Å². The Morgan fingerprint density at radius 3 is 2.15 bits per heavy atom. The third-order valence-corrected chi connectivity index (χ3v) is 5.52. The summed E-state index contributed by atoms with van der Waals surface area (Å²) in [5, 5.41) is 4.37. The highest BCUT2D eigenvalue weighted by molar-refractivity contribution is 5.87. The minimum Gasteiger partial charge on any atom is -0.489 e. The second kappa shape index (κ2) is 8.67. The van der Waals surface area contributed by atoms with Crippen LogP contribution in [0.25, 0.3) is 28.0 Å². The van der Waals surface area contributed by atoms with Gasteiger partial charge in [-0.1, -0.05) is 48.5 Å². The molecule has 2 aromatic heterocycles. The van der Waals surface area contributed by atoms with Gasteiger partial charge < -0.3 is 4.74 Å². The first-order chi connectivity index (χ1) is 16.4. The van der Waals surface area contributed by atoms with Crippen LogP contribution >= 0.6 is 0 Å². The quantitative estimate of drug-likeness (QED) is 0.284. The van der Waals surface area contributed by atoms with E-state index in [2.05, 4.69) is 10.1 Å². The molecule has 3 aromatic carbocycles. The molecule has 0 unspecified atom stereocenters. The van der Waals surface area contributed by atoms with Crippen LogP contribution in [0.1, 0.15) is 16.8 Å². The van der Waals surface area contributed by atoms with E-state index in [9.17, 15) is 13.2 Å². The molecule has 4 nitrogen and oxygen atoms in total. The first-order valence-corrected chi connectivity index (χ1v) is 10.7. The molecule has 0 fully saturated rings. The predicted octanol–water partition coefficient (Wildman–Crippen LogP) is 6.99. The number of hydrogen-bond donors (Lipinski definition) is 0. The lowest BCUT2D eigenvalue weighted by Crippen LogP contribution is -2.08. The summed E-state index contributed by atoms with van der Waals surface area (Å²) in [6, 6.07) is 26.7. The lowest BCUT2D eigenvalue weighted by molar-refractivity contribution is -0.136. The highest BCUT2D eigenvalue weighted by Crippen LogP contribution is 2.38. The Hall–Kier alpha value is -4.13. The van der Waals surface area contributed by atoms with Crippen LogP contribution in [0.4, 0.5) is 13.2 Å². The Labute approximate surface area is 194 Å². The molecule has 0 saturated carbocycles. The maximum absolute atomic E-state index is 14.0. The van der Waals surface area contributed by atoms with Crippen molar-refractivity contribution in [3.05, 3.63) is 108 Å². The number of halogens is 3.